The first kappa shape index (κ1) is 23.5. The molecular formula is C22H28ClN3O4S. The Morgan fingerprint density at radius 3 is 2.23 bits per heavy atom. The second kappa shape index (κ2) is 10.5. The highest BCUT2D eigenvalue weighted by Gasteiger charge is 2.29. The number of piperidine rings is 1. The van der Waals surface area contributed by atoms with E-state index in [4.69, 9.17) is 16.3 Å². The zero-order valence-electron chi connectivity index (χ0n) is 17.8. The van der Waals surface area contributed by atoms with Crippen molar-refractivity contribution in [3.63, 3.8) is 0 Å². The van der Waals surface area contributed by atoms with Gasteiger partial charge in [-0.05, 0) is 60.6 Å². The SMILES string of the molecule is CN(C)S(=O)(=O)N1CCC(Cc2ccc(NC(=O)OCc3ccc(Cl)cc3)cc2)CC1. The largest absolute Gasteiger partial charge is 0.444 e. The molecule has 0 spiro atoms. The number of hydrogen-bond donors (Lipinski definition) is 1. The lowest BCUT2D eigenvalue weighted by molar-refractivity contribution is 0.155. The van der Waals surface area contributed by atoms with Crippen LogP contribution >= 0.6 is 11.6 Å². The number of carbonyl (C=O) groups excluding carboxylic acids is 1. The molecule has 3 rings (SSSR count). The molecule has 0 unspecified atom stereocenters. The van der Waals surface area contributed by atoms with Gasteiger partial charge in [0, 0.05) is 37.9 Å². The molecule has 0 aliphatic carbocycles. The van der Waals surface area contributed by atoms with Gasteiger partial charge in [0.2, 0.25) is 0 Å². The van der Waals surface area contributed by atoms with Crippen molar-refractivity contribution in [2.75, 3.05) is 32.5 Å². The number of rotatable bonds is 7. The monoisotopic (exact) mass is 465 g/mol. The molecule has 0 aromatic heterocycles. The molecule has 0 radical (unpaired) electrons. The van der Waals surface area contributed by atoms with Crippen molar-refractivity contribution in [3.05, 3.63) is 64.7 Å². The lowest BCUT2D eigenvalue weighted by atomic mass is 9.91. The maximum atomic E-state index is 12.2. The van der Waals surface area contributed by atoms with E-state index in [1.54, 1.807) is 30.5 Å². The maximum Gasteiger partial charge on any atom is 0.411 e. The first-order valence-corrected chi connectivity index (χ1v) is 12.0. The van der Waals surface area contributed by atoms with Crippen molar-refractivity contribution in [1.82, 2.24) is 8.61 Å². The molecular weight excluding hydrogens is 438 g/mol. The highest BCUT2D eigenvalue weighted by atomic mass is 35.5. The van der Waals surface area contributed by atoms with Crippen LogP contribution < -0.4 is 5.32 Å². The third-order valence-electron chi connectivity index (χ3n) is 5.37. The molecule has 1 saturated heterocycles. The fraction of sp³-hybridized carbons (Fsp3) is 0.409. The number of anilines is 1. The van der Waals surface area contributed by atoms with Crippen LogP contribution in [0.4, 0.5) is 10.5 Å². The molecule has 0 saturated carbocycles. The molecule has 9 heteroatoms. The van der Waals surface area contributed by atoms with Gasteiger partial charge in [0.1, 0.15) is 6.61 Å². The number of carbonyl (C=O) groups is 1. The summed E-state index contributed by atoms with van der Waals surface area (Å²) >= 11 is 5.84. The minimum Gasteiger partial charge on any atom is -0.444 e. The maximum absolute atomic E-state index is 12.2. The summed E-state index contributed by atoms with van der Waals surface area (Å²) in [7, 11) is -0.209. The summed E-state index contributed by atoms with van der Waals surface area (Å²) < 4.78 is 32.5. The normalized spacial score (nSPS) is 15.7. The predicted octanol–water partition coefficient (Wildman–Crippen LogP) is 4.15. The van der Waals surface area contributed by atoms with E-state index in [1.165, 1.54) is 4.31 Å². The summed E-state index contributed by atoms with van der Waals surface area (Å²) in [5, 5.41) is 3.36. The predicted molar refractivity (Wildman–Crippen MR) is 122 cm³/mol. The van der Waals surface area contributed by atoms with Crippen LogP contribution in [0.2, 0.25) is 5.02 Å². The first-order chi connectivity index (χ1) is 14.7. The molecule has 2 aromatic rings. The summed E-state index contributed by atoms with van der Waals surface area (Å²) in [4.78, 5) is 12.0. The topological polar surface area (TPSA) is 79.0 Å². The van der Waals surface area contributed by atoms with E-state index in [0.717, 1.165) is 30.4 Å². The van der Waals surface area contributed by atoms with Crippen molar-refractivity contribution in [1.29, 1.82) is 0 Å². The van der Waals surface area contributed by atoms with Crippen LogP contribution in [0.3, 0.4) is 0 Å². The minimum atomic E-state index is -3.33. The number of ether oxygens (including phenoxy) is 1. The molecule has 1 heterocycles. The van der Waals surface area contributed by atoms with Crippen LogP contribution in [0.1, 0.15) is 24.0 Å². The molecule has 1 N–H and O–H groups in total. The molecule has 0 bridgehead atoms. The van der Waals surface area contributed by atoms with Crippen LogP contribution in [0, 0.1) is 5.92 Å². The molecule has 0 atom stereocenters. The first-order valence-electron chi connectivity index (χ1n) is 10.2. The Balaban J connectivity index is 1.44. The van der Waals surface area contributed by atoms with E-state index < -0.39 is 16.3 Å². The second-order valence-corrected chi connectivity index (χ2v) is 10.4. The van der Waals surface area contributed by atoms with Crippen molar-refractivity contribution in [2.45, 2.75) is 25.9 Å². The average molecular weight is 466 g/mol. The Kier molecular flexibility index (Phi) is 7.94. The van der Waals surface area contributed by atoms with Gasteiger partial charge in [-0.3, -0.25) is 5.32 Å². The Morgan fingerprint density at radius 1 is 1.06 bits per heavy atom. The smallest absolute Gasteiger partial charge is 0.411 e. The number of amides is 1. The lowest BCUT2D eigenvalue weighted by Gasteiger charge is -2.32. The van der Waals surface area contributed by atoms with Gasteiger partial charge in [-0.1, -0.05) is 35.9 Å². The van der Waals surface area contributed by atoms with Gasteiger partial charge in [-0.15, -0.1) is 0 Å². The molecule has 31 heavy (non-hydrogen) atoms. The fourth-order valence-electron chi connectivity index (χ4n) is 3.52. The summed E-state index contributed by atoms with van der Waals surface area (Å²) in [5.74, 6) is 0.441. The van der Waals surface area contributed by atoms with E-state index in [-0.39, 0.29) is 6.61 Å². The molecule has 1 aliphatic rings. The van der Waals surface area contributed by atoms with Crippen LogP contribution in [-0.4, -0.2) is 50.3 Å². The average Bonchev–Trinajstić information content (AvgIpc) is 2.75. The number of halogens is 1. The van der Waals surface area contributed by atoms with Crippen molar-refractivity contribution in [2.24, 2.45) is 5.92 Å². The van der Waals surface area contributed by atoms with Crippen LogP contribution in [0.5, 0.6) is 0 Å². The summed E-state index contributed by atoms with van der Waals surface area (Å²) in [6.07, 6.45) is 2.04. The fourth-order valence-corrected chi connectivity index (χ4v) is 4.78. The third kappa shape index (κ3) is 6.67. The zero-order valence-corrected chi connectivity index (χ0v) is 19.3. The van der Waals surface area contributed by atoms with Gasteiger partial charge in [-0.25, -0.2) is 4.79 Å². The summed E-state index contributed by atoms with van der Waals surface area (Å²) in [6.45, 7) is 1.26. The lowest BCUT2D eigenvalue weighted by Crippen LogP contribution is -2.44. The number of hydrogen-bond acceptors (Lipinski definition) is 4. The van der Waals surface area contributed by atoms with Crippen LogP contribution in [-0.2, 0) is 28.0 Å². The summed E-state index contributed by atoms with van der Waals surface area (Å²) in [5.41, 5.74) is 2.69. The zero-order chi connectivity index (χ0) is 22.4. The second-order valence-electron chi connectivity index (χ2n) is 7.86. The van der Waals surface area contributed by atoms with E-state index in [2.05, 4.69) is 5.32 Å². The molecule has 2 aromatic carbocycles. The number of benzene rings is 2. The molecule has 1 amide bonds. The quantitative estimate of drug-likeness (QED) is 0.666. The van der Waals surface area contributed by atoms with E-state index in [9.17, 15) is 13.2 Å². The van der Waals surface area contributed by atoms with E-state index in [0.29, 0.717) is 29.7 Å². The minimum absolute atomic E-state index is 0.170. The highest BCUT2D eigenvalue weighted by Crippen LogP contribution is 2.24. The van der Waals surface area contributed by atoms with Crippen molar-refractivity contribution < 1.29 is 17.9 Å². The van der Waals surface area contributed by atoms with Gasteiger partial charge >= 0.3 is 6.09 Å². The number of nitrogens with zero attached hydrogens (tertiary/aromatic N) is 2. The molecule has 1 aliphatic heterocycles. The van der Waals surface area contributed by atoms with Crippen molar-refractivity contribution in [3.8, 4) is 0 Å². The van der Waals surface area contributed by atoms with Gasteiger partial charge < -0.3 is 4.74 Å². The van der Waals surface area contributed by atoms with Gasteiger partial charge in [0.05, 0.1) is 0 Å². The van der Waals surface area contributed by atoms with Gasteiger partial charge in [0.25, 0.3) is 10.2 Å². The van der Waals surface area contributed by atoms with Gasteiger partial charge in [0.15, 0.2) is 0 Å². The third-order valence-corrected chi connectivity index (χ3v) is 7.56. The van der Waals surface area contributed by atoms with Crippen LogP contribution in [0.15, 0.2) is 48.5 Å². The molecule has 168 valence electrons. The standard InChI is InChI=1S/C22H28ClN3O4S/c1-25(2)31(28,29)26-13-11-18(12-14-26)15-17-5-9-21(10-6-17)24-22(27)30-16-19-3-7-20(23)8-4-19/h3-10,18H,11-16H2,1-2H3,(H,24,27). The van der Waals surface area contributed by atoms with Crippen molar-refractivity contribution >= 4 is 33.6 Å². The summed E-state index contributed by atoms with van der Waals surface area (Å²) in [6, 6.07) is 14.8. The van der Waals surface area contributed by atoms with Crippen LogP contribution in [0.25, 0.3) is 0 Å². The Labute approximate surface area is 189 Å². The number of nitrogens with one attached hydrogen (secondary N) is 1. The Bertz CT molecular complexity index is 971. The Morgan fingerprint density at radius 2 is 1.65 bits per heavy atom. The Hall–Kier alpha value is -2.13. The van der Waals surface area contributed by atoms with E-state index in [1.807, 2.05) is 36.4 Å². The molecule has 7 nitrogen and oxygen atoms in total. The van der Waals surface area contributed by atoms with E-state index >= 15 is 0 Å². The molecule has 1 fully saturated rings. The van der Waals surface area contributed by atoms with Gasteiger partial charge in [-0.2, -0.15) is 17.0 Å². The highest BCUT2D eigenvalue weighted by molar-refractivity contribution is 7.86.